The number of allylic oxidation sites excluding steroid dienone is 4. The highest BCUT2D eigenvalue weighted by Gasteiger charge is 2.45. The van der Waals surface area contributed by atoms with E-state index in [0.29, 0.717) is 0 Å². The second-order valence-corrected chi connectivity index (χ2v) is 6.86. The maximum absolute atomic E-state index is 2.36. The molecule has 1 rings (SSSR count). The predicted octanol–water partition coefficient (Wildman–Crippen LogP) is 8.83. The second kappa shape index (κ2) is 18.8. The molecular formula is C24H48. The molecule has 0 N–H and O–H groups in total. The normalized spacial score (nSPS) is 25.7. The van der Waals surface area contributed by atoms with Crippen LogP contribution in [0.15, 0.2) is 24.3 Å². The van der Waals surface area contributed by atoms with Gasteiger partial charge < -0.3 is 0 Å². The minimum absolute atomic E-state index is 1.06. The molecule has 1 saturated carbocycles. The average Bonchev–Trinajstić information content (AvgIpc) is 2.59. The van der Waals surface area contributed by atoms with Crippen molar-refractivity contribution < 1.29 is 0 Å². The van der Waals surface area contributed by atoms with Crippen LogP contribution in [-0.4, -0.2) is 0 Å². The number of hydrogen-bond acceptors (Lipinski definition) is 0. The van der Waals surface area contributed by atoms with E-state index in [1.54, 1.807) is 0 Å². The van der Waals surface area contributed by atoms with Gasteiger partial charge in [0.15, 0.2) is 0 Å². The SMILES string of the molecule is CCC1C(CC)C(CC)C1CC.CCC=CCC.CCC=CCC. The summed E-state index contributed by atoms with van der Waals surface area (Å²) in [5, 5.41) is 0. The molecule has 0 nitrogen and oxygen atoms in total. The molecule has 1 aliphatic carbocycles. The van der Waals surface area contributed by atoms with Crippen molar-refractivity contribution in [1.82, 2.24) is 0 Å². The fourth-order valence-corrected chi connectivity index (χ4v) is 4.21. The van der Waals surface area contributed by atoms with Crippen LogP contribution >= 0.6 is 0 Å². The Morgan fingerprint density at radius 3 is 0.625 bits per heavy atom. The highest BCUT2D eigenvalue weighted by molar-refractivity contribution is 4.94. The van der Waals surface area contributed by atoms with E-state index in [2.05, 4.69) is 79.7 Å². The Morgan fingerprint density at radius 1 is 0.375 bits per heavy atom. The van der Waals surface area contributed by atoms with E-state index in [9.17, 15) is 0 Å². The highest BCUT2D eigenvalue weighted by atomic mass is 14.5. The van der Waals surface area contributed by atoms with Crippen LogP contribution in [0.5, 0.6) is 0 Å². The molecule has 0 atom stereocenters. The average molecular weight is 337 g/mol. The Kier molecular flexibility index (Phi) is 20.2. The van der Waals surface area contributed by atoms with Gasteiger partial charge >= 0.3 is 0 Å². The van der Waals surface area contributed by atoms with Crippen LogP contribution in [0.3, 0.4) is 0 Å². The van der Waals surface area contributed by atoms with E-state index in [0.717, 1.165) is 23.7 Å². The fraction of sp³-hybridized carbons (Fsp3) is 0.833. The molecule has 0 aromatic rings. The molecule has 0 amide bonds. The zero-order valence-corrected chi connectivity index (χ0v) is 18.3. The summed E-state index contributed by atoms with van der Waals surface area (Å²) in [6.07, 6.45) is 19.1. The lowest BCUT2D eigenvalue weighted by atomic mass is 9.53. The van der Waals surface area contributed by atoms with E-state index < -0.39 is 0 Å². The maximum Gasteiger partial charge on any atom is -0.0355 e. The van der Waals surface area contributed by atoms with Crippen LogP contribution < -0.4 is 0 Å². The summed E-state index contributed by atoms with van der Waals surface area (Å²) in [5.74, 6) is 4.24. The van der Waals surface area contributed by atoms with Crippen LogP contribution in [0.1, 0.15) is 107 Å². The number of hydrogen-bond donors (Lipinski definition) is 0. The van der Waals surface area contributed by atoms with E-state index in [1.165, 1.54) is 51.4 Å². The van der Waals surface area contributed by atoms with Crippen molar-refractivity contribution in [2.75, 3.05) is 0 Å². The van der Waals surface area contributed by atoms with Gasteiger partial charge in [-0.05, 0) is 49.4 Å². The Balaban J connectivity index is 0. The molecule has 0 spiro atoms. The molecule has 0 saturated heterocycles. The molecule has 144 valence electrons. The minimum atomic E-state index is 1.06. The van der Waals surface area contributed by atoms with Crippen molar-refractivity contribution in [2.45, 2.75) is 107 Å². The van der Waals surface area contributed by atoms with Crippen molar-refractivity contribution in [3.63, 3.8) is 0 Å². The van der Waals surface area contributed by atoms with Gasteiger partial charge in [0, 0.05) is 0 Å². The van der Waals surface area contributed by atoms with Crippen molar-refractivity contribution in [2.24, 2.45) is 23.7 Å². The topological polar surface area (TPSA) is 0 Å². The molecule has 0 bridgehead atoms. The van der Waals surface area contributed by atoms with E-state index in [-0.39, 0.29) is 0 Å². The predicted molar refractivity (Wildman–Crippen MR) is 115 cm³/mol. The van der Waals surface area contributed by atoms with Gasteiger partial charge in [-0.15, -0.1) is 0 Å². The smallest absolute Gasteiger partial charge is 0.0355 e. The Bertz CT molecular complexity index is 220. The Hall–Kier alpha value is -0.520. The van der Waals surface area contributed by atoms with Crippen molar-refractivity contribution in [3.05, 3.63) is 24.3 Å². The standard InChI is InChI=1S/C12H24.2C6H12/c1-5-9-10(6-2)12(8-4)11(9)7-3;2*1-3-5-6-4-2/h9-12H,5-8H2,1-4H3;2*5-6H,3-4H2,1-2H3. The lowest BCUT2D eigenvalue weighted by molar-refractivity contribution is -0.0323. The molecule has 0 heteroatoms. The van der Waals surface area contributed by atoms with Gasteiger partial charge in [0.2, 0.25) is 0 Å². The van der Waals surface area contributed by atoms with Gasteiger partial charge in [-0.2, -0.15) is 0 Å². The fourth-order valence-electron chi connectivity index (χ4n) is 4.21. The molecular weight excluding hydrogens is 288 g/mol. The highest BCUT2D eigenvalue weighted by Crippen LogP contribution is 2.52. The first-order valence-electron chi connectivity index (χ1n) is 10.9. The minimum Gasteiger partial charge on any atom is -0.0888 e. The second-order valence-electron chi connectivity index (χ2n) is 6.86. The van der Waals surface area contributed by atoms with Gasteiger partial charge in [-0.3, -0.25) is 0 Å². The van der Waals surface area contributed by atoms with Gasteiger partial charge in [-0.25, -0.2) is 0 Å². The van der Waals surface area contributed by atoms with Gasteiger partial charge in [0.05, 0.1) is 0 Å². The molecule has 0 unspecified atom stereocenters. The summed E-state index contributed by atoms with van der Waals surface area (Å²) >= 11 is 0. The van der Waals surface area contributed by atoms with Crippen LogP contribution in [0.25, 0.3) is 0 Å². The van der Waals surface area contributed by atoms with Crippen LogP contribution in [-0.2, 0) is 0 Å². The summed E-state index contributed by atoms with van der Waals surface area (Å²) in [7, 11) is 0. The van der Waals surface area contributed by atoms with E-state index in [4.69, 9.17) is 0 Å². The van der Waals surface area contributed by atoms with Crippen molar-refractivity contribution in [3.8, 4) is 0 Å². The number of rotatable bonds is 8. The van der Waals surface area contributed by atoms with Crippen molar-refractivity contribution >= 4 is 0 Å². The molecule has 24 heavy (non-hydrogen) atoms. The summed E-state index contributed by atoms with van der Waals surface area (Å²) in [6, 6.07) is 0. The zero-order chi connectivity index (χ0) is 18.8. The Labute approximate surface area is 155 Å². The van der Waals surface area contributed by atoms with E-state index in [1.807, 2.05) is 0 Å². The first-order valence-corrected chi connectivity index (χ1v) is 10.9. The maximum atomic E-state index is 2.36. The van der Waals surface area contributed by atoms with E-state index >= 15 is 0 Å². The third-order valence-electron chi connectivity index (χ3n) is 5.36. The molecule has 1 fully saturated rings. The summed E-state index contributed by atoms with van der Waals surface area (Å²) in [5.41, 5.74) is 0. The lowest BCUT2D eigenvalue weighted by Gasteiger charge is -2.52. The first-order chi connectivity index (χ1) is 11.6. The van der Waals surface area contributed by atoms with Gasteiger partial charge in [0.25, 0.3) is 0 Å². The molecule has 0 radical (unpaired) electrons. The zero-order valence-electron chi connectivity index (χ0n) is 18.3. The van der Waals surface area contributed by atoms with Gasteiger partial charge in [-0.1, -0.05) is 105 Å². The molecule has 1 aliphatic rings. The molecule has 0 aromatic heterocycles. The van der Waals surface area contributed by atoms with Crippen LogP contribution in [0.2, 0.25) is 0 Å². The van der Waals surface area contributed by atoms with Crippen molar-refractivity contribution in [1.29, 1.82) is 0 Å². The van der Waals surface area contributed by atoms with Gasteiger partial charge in [0.1, 0.15) is 0 Å². The third-order valence-corrected chi connectivity index (χ3v) is 5.36. The molecule has 0 aromatic carbocycles. The summed E-state index contributed by atoms with van der Waals surface area (Å²) in [4.78, 5) is 0. The monoisotopic (exact) mass is 336 g/mol. The summed E-state index contributed by atoms with van der Waals surface area (Å²) in [6.45, 7) is 18.0. The Morgan fingerprint density at radius 2 is 0.542 bits per heavy atom. The molecule has 0 aliphatic heterocycles. The molecule has 0 heterocycles. The van der Waals surface area contributed by atoms with Crippen LogP contribution in [0.4, 0.5) is 0 Å². The third kappa shape index (κ3) is 10.4. The van der Waals surface area contributed by atoms with Crippen LogP contribution in [0, 0.1) is 23.7 Å². The first kappa shape index (κ1) is 25.7. The lowest BCUT2D eigenvalue weighted by Crippen LogP contribution is -2.45. The largest absolute Gasteiger partial charge is 0.0888 e. The quantitative estimate of drug-likeness (QED) is 0.388. The summed E-state index contributed by atoms with van der Waals surface area (Å²) < 4.78 is 0.